The maximum Gasteiger partial charge on any atom is 0.165 e. The van der Waals surface area contributed by atoms with Gasteiger partial charge in [0.1, 0.15) is 11.6 Å². The lowest BCUT2D eigenvalue weighted by Crippen LogP contribution is -2.09. The Labute approximate surface area is 110 Å². The maximum atomic E-state index is 13.7. The van der Waals surface area contributed by atoms with Gasteiger partial charge in [-0.1, -0.05) is 12.1 Å². The standard InChI is InChI=1S/C15H15F2NO/c1-9-6-7-11(16)14(8-9)19-13-5-3-4-12(17)15(13)10(2)18/h3-8,10H,18H2,1-2H3/t10-/m1/s1. The number of ether oxygens (including phenoxy) is 1. The lowest BCUT2D eigenvalue weighted by molar-refractivity contribution is 0.428. The van der Waals surface area contributed by atoms with E-state index in [9.17, 15) is 8.78 Å². The highest BCUT2D eigenvalue weighted by Gasteiger charge is 2.15. The van der Waals surface area contributed by atoms with Crippen LogP contribution in [0.15, 0.2) is 36.4 Å². The normalized spacial score (nSPS) is 12.3. The van der Waals surface area contributed by atoms with E-state index in [1.807, 2.05) is 6.92 Å². The van der Waals surface area contributed by atoms with E-state index < -0.39 is 17.7 Å². The second kappa shape index (κ2) is 5.36. The van der Waals surface area contributed by atoms with Crippen LogP contribution in [0.2, 0.25) is 0 Å². The van der Waals surface area contributed by atoms with E-state index in [4.69, 9.17) is 10.5 Å². The highest BCUT2D eigenvalue weighted by molar-refractivity contribution is 5.41. The molecule has 19 heavy (non-hydrogen) atoms. The van der Waals surface area contributed by atoms with Gasteiger partial charge in [-0.3, -0.25) is 0 Å². The van der Waals surface area contributed by atoms with Crippen LogP contribution in [-0.2, 0) is 0 Å². The Morgan fingerprint density at radius 1 is 1.05 bits per heavy atom. The zero-order valence-corrected chi connectivity index (χ0v) is 10.8. The average Bonchev–Trinajstić information content (AvgIpc) is 2.33. The van der Waals surface area contributed by atoms with E-state index in [0.717, 1.165) is 5.56 Å². The molecule has 100 valence electrons. The monoisotopic (exact) mass is 263 g/mol. The van der Waals surface area contributed by atoms with Gasteiger partial charge in [0.05, 0.1) is 0 Å². The minimum Gasteiger partial charge on any atom is -0.454 e. The van der Waals surface area contributed by atoms with Crippen molar-refractivity contribution in [3.63, 3.8) is 0 Å². The first kappa shape index (κ1) is 13.5. The molecule has 4 heteroatoms. The van der Waals surface area contributed by atoms with E-state index in [1.54, 1.807) is 25.1 Å². The molecule has 0 aromatic heterocycles. The summed E-state index contributed by atoms with van der Waals surface area (Å²) in [6.07, 6.45) is 0. The van der Waals surface area contributed by atoms with Crippen molar-refractivity contribution in [1.29, 1.82) is 0 Å². The van der Waals surface area contributed by atoms with Gasteiger partial charge < -0.3 is 10.5 Å². The molecule has 0 aliphatic rings. The van der Waals surface area contributed by atoms with Gasteiger partial charge in [-0.25, -0.2) is 8.78 Å². The topological polar surface area (TPSA) is 35.2 Å². The summed E-state index contributed by atoms with van der Waals surface area (Å²) in [5, 5.41) is 0. The number of aryl methyl sites for hydroxylation is 1. The molecule has 0 radical (unpaired) electrons. The van der Waals surface area contributed by atoms with E-state index in [0.29, 0.717) is 0 Å². The molecule has 0 amide bonds. The molecule has 0 bridgehead atoms. The second-order valence-electron chi connectivity index (χ2n) is 4.48. The first-order valence-corrected chi connectivity index (χ1v) is 5.97. The largest absolute Gasteiger partial charge is 0.454 e. The Morgan fingerprint density at radius 3 is 2.47 bits per heavy atom. The summed E-state index contributed by atoms with van der Waals surface area (Å²) < 4.78 is 32.8. The summed E-state index contributed by atoms with van der Waals surface area (Å²) in [5.74, 6) is -0.655. The Morgan fingerprint density at radius 2 is 1.79 bits per heavy atom. The van der Waals surface area contributed by atoms with Gasteiger partial charge in [0.25, 0.3) is 0 Å². The van der Waals surface area contributed by atoms with Crippen LogP contribution >= 0.6 is 0 Å². The summed E-state index contributed by atoms with van der Waals surface area (Å²) in [4.78, 5) is 0. The number of rotatable bonds is 3. The fourth-order valence-corrected chi connectivity index (χ4v) is 1.86. The molecule has 2 aromatic rings. The van der Waals surface area contributed by atoms with Gasteiger partial charge in [-0.05, 0) is 43.7 Å². The number of benzene rings is 2. The van der Waals surface area contributed by atoms with Gasteiger partial charge in [0.15, 0.2) is 11.6 Å². The molecule has 1 atom stereocenters. The molecular formula is C15H15F2NO. The van der Waals surface area contributed by atoms with Crippen LogP contribution in [0.3, 0.4) is 0 Å². The fraction of sp³-hybridized carbons (Fsp3) is 0.200. The lowest BCUT2D eigenvalue weighted by atomic mass is 10.1. The predicted molar refractivity (Wildman–Crippen MR) is 70.2 cm³/mol. The van der Waals surface area contributed by atoms with Crippen LogP contribution in [0.1, 0.15) is 24.1 Å². The average molecular weight is 263 g/mol. The quantitative estimate of drug-likeness (QED) is 0.905. The van der Waals surface area contributed by atoms with Crippen molar-refractivity contribution in [3.05, 3.63) is 59.2 Å². The molecule has 0 aliphatic heterocycles. The third kappa shape index (κ3) is 2.90. The molecule has 0 heterocycles. The van der Waals surface area contributed by atoms with E-state index in [1.165, 1.54) is 18.2 Å². The van der Waals surface area contributed by atoms with Gasteiger partial charge in [0, 0.05) is 11.6 Å². The minimum atomic E-state index is -0.538. The first-order chi connectivity index (χ1) is 8.99. The third-order valence-corrected chi connectivity index (χ3v) is 2.77. The van der Waals surface area contributed by atoms with Gasteiger partial charge in [0.2, 0.25) is 0 Å². The Hall–Kier alpha value is -1.94. The van der Waals surface area contributed by atoms with Crippen LogP contribution in [0.5, 0.6) is 11.5 Å². The van der Waals surface area contributed by atoms with E-state index in [2.05, 4.69) is 0 Å². The van der Waals surface area contributed by atoms with E-state index in [-0.39, 0.29) is 17.1 Å². The van der Waals surface area contributed by atoms with Crippen molar-refractivity contribution in [3.8, 4) is 11.5 Å². The summed E-state index contributed by atoms with van der Waals surface area (Å²) in [6.45, 7) is 3.47. The molecule has 0 fully saturated rings. The van der Waals surface area contributed by atoms with Crippen LogP contribution in [-0.4, -0.2) is 0 Å². The van der Waals surface area contributed by atoms with E-state index >= 15 is 0 Å². The predicted octanol–water partition coefficient (Wildman–Crippen LogP) is 4.09. The van der Waals surface area contributed by atoms with Crippen molar-refractivity contribution in [1.82, 2.24) is 0 Å². The third-order valence-electron chi connectivity index (χ3n) is 2.77. The number of nitrogens with two attached hydrogens (primary N) is 1. The van der Waals surface area contributed by atoms with Crippen LogP contribution in [0, 0.1) is 18.6 Å². The Balaban J connectivity index is 2.44. The van der Waals surface area contributed by atoms with Crippen molar-refractivity contribution < 1.29 is 13.5 Å². The van der Waals surface area contributed by atoms with Crippen molar-refractivity contribution in [2.75, 3.05) is 0 Å². The number of hydrogen-bond donors (Lipinski definition) is 1. The minimum absolute atomic E-state index is 0.0625. The van der Waals surface area contributed by atoms with Gasteiger partial charge in [-0.2, -0.15) is 0 Å². The van der Waals surface area contributed by atoms with Crippen LogP contribution in [0.25, 0.3) is 0 Å². The number of hydrogen-bond acceptors (Lipinski definition) is 2. The zero-order valence-electron chi connectivity index (χ0n) is 10.8. The molecule has 2 rings (SSSR count). The summed E-state index contributed by atoms with van der Waals surface area (Å²) in [7, 11) is 0. The molecule has 2 nitrogen and oxygen atoms in total. The smallest absolute Gasteiger partial charge is 0.165 e. The first-order valence-electron chi connectivity index (χ1n) is 5.97. The van der Waals surface area contributed by atoms with Crippen LogP contribution in [0.4, 0.5) is 8.78 Å². The molecular weight excluding hydrogens is 248 g/mol. The summed E-state index contributed by atoms with van der Waals surface area (Å²) >= 11 is 0. The molecule has 0 saturated carbocycles. The highest BCUT2D eigenvalue weighted by Crippen LogP contribution is 2.32. The molecule has 2 aromatic carbocycles. The molecule has 0 saturated heterocycles. The molecule has 0 spiro atoms. The maximum absolute atomic E-state index is 13.7. The SMILES string of the molecule is Cc1ccc(F)c(Oc2cccc(F)c2[C@@H](C)N)c1. The van der Waals surface area contributed by atoms with Crippen molar-refractivity contribution in [2.45, 2.75) is 19.9 Å². The second-order valence-corrected chi connectivity index (χ2v) is 4.48. The van der Waals surface area contributed by atoms with Gasteiger partial charge >= 0.3 is 0 Å². The Bertz CT molecular complexity index is 597. The highest BCUT2D eigenvalue weighted by atomic mass is 19.1. The summed E-state index contributed by atoms with van der Waals surface area (Å²) in [5.41, 5.74) is 6.82. The summed E-state index contributed by atoms with van der Waals surface area (Å²) in [6, 6.07) is 8.36. The molecule has 2 N–H and O–H groups in total. The van der Waals surface area contributed by atoms with Crippen molar-refractivity contribution >= 4 is 0 Å². The fourth-order valence-electron chi connectivity index (χ4n) is 1.86. The van der Waals surface area contributed by atoms with Gasteiger partial charge in [-0.15, -0.1) is 0 Å². The lowest BCUT2D eigenvalue weighted by Gasteiger charge is -2.15. The van der Waals surface area contributed by atoms with Crippen LogP contribution < -0.4 is 10.5 Å². The molecule has 0 unspecified atom stereocenters. The van der Waals surface area contributed by atoms with Crippen molar-refractivity contribution in [2.24, 2.45) is 5.73 Å². The number of halogens is 2. The Kier molecular flexibility index (Phi) is 3.81. The molecule has 0 aliphatic carbocycles. The zero-order chi connectivity index (χ0) is 14.0.